The van der Waals surface area contributed by atoms with Crippen molar-refractivity contribution >= 4 is 6.16 Å². The van der Waals surface area contributed by atoms with Crippen molar-refractivity contribution in [3.05, 3.63) is 76.3 Å². The molecular weight excluding hydrogens is 512 g/mol. The average Bonchev–Trinajstić information content (AvgIpc) is 2.97. The van der Waals surface area contributed by atoms with Crippen molar-refractivity contribution in [2.45, 2.75) is 50.7 Å². The van der Waals surface area contributed by atoms with E-state index in [4.69, 9.17) is 33.2 Å². The van der Waals surface area contributed by atoms with E-state index in [9.17, 15) is 4.79 Å². The standard InChI is InChI=1S/C32H36O8/c1-6-38-32(33)40-26-14-24-23-17-29(35-3)31(37-5)30(36-4)21(23)13-12-20(26)22-16-28(27(34-2)15-25(22)24)39-18-19-10-8-7-9-11-19/h7-11,15-17,20,24,26H,6,12-14,18H2,1-5H3/t20-,24+,26-/m0/s1. The highest BCUT2D eigenvalue weighted by Crippen LogP contribution is 2.55. The zero-order chi connectivity index (χ0) is 28.2. The topological polar surface area (TPSA) is 81.7 Å². The summed E-state index contributed by atoms with van der Waals surface area (Å²) in [6, 6.07) is 16.1. The largest absolute Gasteiger partial charge is 0.508 e. The van der Waals surface area contributed by atoms with Crippen LogP contribution in [-0.2, 0) is 22.5 Å². The Morgan fingerprint density at radius 1 is 0.825 bits per heavy atom. The van der Waals surface area contributed by atoms with Gasteiger partial charge >= 0.3 is 6.16 Å². The number of carbonyl (C=O) groups excluding carboxylic acids is 1. The molecule has 0 radical (unpaired) electrons. The van der Waals surface area contributed by atoms with Gasteiger partial charge in [-0.1, -0.05) is 30.3 Å². The number of benzene rings is 3. The van der Waals surface area contributed by atoms with Gasteiger partial charge in [0, 0.05) is 17.4 Å². The first-order valence-electron chi connectivity index (χ1n) is 13.6. The molecule has 0 N–H and O–H groups in total. The van der Waals surface area contributed by atoms with Crippen LogP contribution in [0.25, 0.3) is 0 Å². The lowest BCUT2D eigenvalue weighted by molar-refractivity contribution is 0.00713. The van der Waals surface area contributed by atoms with Gasteiger partial charge in [-0.05, 0) is 66.6 Å². The molecule has 0 heterocycles. The van der Waals surface area contributed by atoms with Crippen molar-refractivity contribution in [1.29, 1.82) is 0 Å². The van der Waals surface area contributed by atoms with Gasteiger partial charge in [0.1, 0.15) is 12.7 Å². The second kappa shape index (κ2) is 12.0. The van der Waals surface area contributed by atoms with Crippen LogP contribution in [0.5, 0.6) is 28.7 Å². The van der Waals surface area contributed by atoms with E-state index in [0.29, 0.717) is 54.6 Å². The van der Waals surface area contributed by atoms with Gasteiger partial charge < -0.3 is 33.2 Å². The number of carbonyl (C=O) groups is 1. The summed E-state index contributed by atoms with van der Waals surface area (Å²) in [6.07, 6.45) is 0.968. The van der Waals surface area contributed by atoms with Gasteiger partial charge in [0.05, 0.1) is 35.0 Å². The van der Waals surface area contributed by atoms with E-state index < -0.39 is 6.16 Å². The van der Waals surface area contributed by atoms with Crippen molar-refractivity contribution in [1.82, 2.24) is 0 Å². The lowest BCUT2D eigenvalue weighted by atomic mass is 9.67. The maximum atomic E-state index is 12.5. The minimum absolute atomic E-state index is 0.0772. The molecule has 3 atom stereocenters. The number of rotatable bonds is 9. The van der Waals surface area contributed by atoms with Crippen LogP contribution in [0.4, 0.5) is 4.79 Å². The molecule has 3 aromatic rings. The van der Waals surface area contributed by atoms with E-state index >= 15 is 0 Å². The Kier molecular flexibility index (Phi) is 8.24. The monoisotopic (exact) mass is 548 g/mol. The average molecular weight is 549 g/mol. The third-order valence-electron chi connectivity index (χ3n) is 7.86. The Morgan fingerprint density at radius 3 is 2.20 bits per heavy atom. The van der Waals surface area contributed by atoms with Crippen LogP contribution >= 0.6 is 0 Å². The molecule has 5 rings (SSSR count). The van der Waals surface area contributed by atoms with E-state index in [1.807, 2.05) is 36.4 Å². The Hall–Kier alpha value is -4.07. The fourth-order valence-corrected chi connectivity index (χ4v) is 6.09. The first-order valence-corrected chi connectivity index (χ1v) is 13.6. The SMILES string of the molecule is CCOC(=O)O[C@H]1C[C@H]2c3cc(OC)c(OCc4ccccc4)cc3[C@@H]1CCc1c2cc(OC)c(OC)c1OC. The molecular formula is C32H36O8. The van der Waals surface area contributed by atoms with Crippen molar-refractivity contribution < 1.29 is 38.0 Å². The lowest BCUT2D eigenvalue weighted by Crippen LogP contribution is -2.35. The van der Waals surface area contributed by atoms with Crippen molar-refractivity contribution in [3.8, 4) is 28.7 Å². The normalized spacial score (nSPS) is 18.9. The fraction of sp³-hybridized carbons (Fsp3) is 0.406. The van der Waals surface area contributed by atoms with Crippen LogP contribution in [0.1, 0.15) is 59.4 Å². The van der Waals surface area contributed by atoms with Crippen LogP contribution in [0.3, 0.4) is 0 Å². The molecule has 8 heteroatoms. The highest BCUT2D eigenvalue weighted by molar-refractivity contribution is 5.65. The molecule has 0 unspecified atom stereocenters. The summed E-state index contributed by atoms with van der Waals surface area (Å²) >= 11 is 0. The predicted molar refractivity (Wildman–Crippen MR) is 149 cm³/mol. The molecule has 2 aliphatic rings. The maximum absolute atomic E-state index is 12.5. The van der Waals surface area contributed by atoms with Crippen LogP contribution in [0.15, 0.2) is 48.5 Å². The molecule has 0 aliphatic heterocycles. The second-order valence-corrected chi connectivity index (χ2v) is 9.89. The van der Waals surface area contributed by atoms with Gasteiger partial charge in [0.15, 0.2) is 23.0 Å². The van der Waals surface area contributed by atoms with Gasteiger partial charge in [-0.3, -0.25) is 0 Å². The van der Waals surface area contributed by atoms with E-state index in [1.54, 1.807) is 35.4 Å². The van der Waals surface area contributed by atoms with Crippen molar-refractivity contribution in [3.63, 3.8) is 0 Å². The minimum Gasteiger partial charge on any atom is -0.493 e. The highest BCUT2D eigenvalue weighted by Gasteiger charge is 2.43. The molecule has 0 spiro atoms. The maximum Gasteiger partial charge on any atom is 0.508 e. The Labute approximate surface area is 235 Å². The summed E-state index contributed by atoms with van der Waals surface area (Å²) in [7, 11) is 6.52. The van der Waals surface area contributed by atoms with Crippen LogP contribution in [0.2, 0.25) is 0 Å². The smallest absolute Gasteiger partial charge is 0.493 e. The zero-order valence-corrected chi connectivity index (χ0v) is 23.7. The van der Waals surface area contributed by atoms with Gasteiger partial charge in [-0.25, -0.2) is 4.79 Å². The Bertz CT molecular complexity index is 1350. The van der Waals surface area contributed by atoms with Crippen LogP contribution in [0, 0.1) is 0 Å². The molecule has 0 saturated heterocycles. The molecule has 8 nitrogen and oxygen atoms in total. The summed E-state index contributed by atoms with van der Waals surface area (Å²) in [5.41, 5.74) is 5.36. The molecule has 3 aromatic carbocycles. The Balaban J connectivity index is 1.64. The summed E-state index contributed by atoms with van der Waals surface area (Å²) < 4.78 is 40.5. The molecule has 0 fully saturated rings. The molecule has 0 saturated carbocycles. The molecule has 40 heavy (non-hydrogen) atoms. The summed E-state index contributed by atoms with van der Waals surface area (Å²) in [5.74, 6) is 2.93. The highest BCUT2D eigenvalue weighted by atomic mass is 16.7. The van der Waals surface area contributed by atoms with E-state index in [0.717, 1.165) is 27.8 Å². The molecule has 2 bridgehead atoms. The number of ether oxygens (including phenoxy) is 7. The molecule has 212 valence electrons. The fourth-order valence-electron chi connectivity index (χ4n) is 6.09. The third kappa shape index (κ3) is 5.10. The predicted octanol–water partition coefficient (Wildman–Crippen LogP) is 6.41. The van der Waals surface area contributed by atoms with Crippen LogP contribution < -0.4 is 23.7 Å². The molecule has 0 aromatic heterocycles. The lowest BCUT2D eigenvalue weighted by Gasteiger charge is -2.41. The van der Waals surface area contributed by atoms with E-state index in [2.05, 4.69) is 12.1 Å². The first kappa shape index (κ1) is 27.5. The van der Waals surface area contributed by atoms with Gasteiger partial charge in [0.2, 0.25) is 5.75 Å². The third-order valence-corrected chi connectivity index (χ3v) is 7.86. The van der Waals surface area contributed by atoms with E-state index in [-0.39, 0.29) is 24.5 Å². The summed E-state index contributed by atoms with van der Waals surface area (Å²) in [6.45, 7) is 2.43. The van der Waals surface area contributed by atoms with Gasteiger partial charge in [-0.15, -0.1) is 0 Å². The number of hydrogen-bond donors (Lipinski definition) is 0. The minimum atomic E-state index is -0.653. The Morgan fingerprint density at radius 2 is 1.52 bits per heavy atom. The summed E-state index contributed by atoms with van der Waals surface area (Å²) in [4.78, 5) is 12.5. The quantitative estimate of drug-likeness (QED) is 0.284. The van der Waals surface area contributed by atoms with Gasteiger partial charge in [0.25, 0.3) is 0 Å². The number of hydrogen-bond acceptors (Lipinski definition) is 8. The number of fused-ring (bicyclic) bond motifs is 2. The van der Waals surface area contributed by atoms with Crippen molar-refractivity contribution in [2.24, 2.45) is 0 Å². The van der Waals surface area contributed by atoms with Crippen molar-refractivity contribution in [2.75, 3.05) is 35.0 Å². The van der Waals surface area contributed by atoms with Gasteiger partial charge in [-0.2, -0.15) is 0 Å². The second-order valence-electron chi connectivity index (χ2n) is 9.89. The summed E-state index contributed by atoms with van der Waals surface area (Å²) in [5, 5.41) is 0. The van der Waals surface area contributed by atoms with Crippen LogP contribution in [-0.4, -0.2) is 47.3 Å². The zero-order valence-electron chi connectivity index (χ0n) is 23.7. The first-order chi connectivity index (χ1) is 19.5. The van der Waals surface area contributed by atoms with E-state index in [1.165, 1.54) is 0 Å². The number of methoxy groups -OCH3 is 4. The molecule has 0 amide bonds. The molecule has 2 aliphatic carbocycles.